The van der Waals surface area contributed by atoms with Crippen LogP contribution in [0.4, 0.5) is 0 Å². The third-order valence-electron chi connectivity index (χ3n) is 2.85. The molecule has 1 heterocycles. The lowest BCUT2D eigenvalue weighted by Gasteiger charge is -2.29. The minimum Gasteiger partial charge on any atom is -0.339 e. The number of carbonyl (C=O) groups is 1. The Morgan fingerprint density at radius 3 is 2.50 bits per heavy atom. The first-order valence-corrected chi connectivity index (χ1v) is 5.59. The van der Waals surface area contributed by atoms with Gasteiger partial charge in [-0.15, -0.1) is 0 Å². The molecule has 2 rings (SSSR count). The van der Waals surface area contributed by atoms with Crippen LogP contribution in [0.2, 0.25) is 0 Å². The van der Waals surface area contributed by atoms with E-state index in [0.717, 1.165) is 31.7 Å². The minimum atomic E-state index is -0.528. The van der Waals surface area contributed by atoms with E-state index in [4.69, 9.17) is 5.73 Å². The summed E-state index contributed by atoms with van der Waals surface area (Å²) in [6.07, 6.45) is 0. The smallest absolute Gasteiger partial charge is 0.244 e. The van der Waals surface area contributed by atoms with E-state index < -0.39 is 6.04 Å². The van der Waals surface area contributed by atoms with Crippen molar-refractivity contribution in [3.8, 4) is 0 Å². The summed E-state index contributed by atoms with van der Waals surface area (Å²) < 4.78 is 0. The predicted octanol–water partition coefficient (Wildman–Crippen LogP) is 0.118. The number of nitrogens with one attached hydrogen (secondary N) is 1. The average molecular weight is 219 g/mol. The van der Waals surface area contributed by atoms with Crippen LogP contribution in [0.3, 0.4) is 0 Å². The molecule has 3 N–H and O–H groups in total. The van der Waals surface area contributed by atoms with Crippen molar-refractivity contribution in [1.82, 2.24) is 10.2 Å². The van der Waals surface area contributed by atoms with Crippen LogP contribution in [-0.2, 0) is 4.79 Å². The molecule has 0 bridgehead atoms. The first-order valence-electron chi connectivity index (χ1n) is 5.59. The molecule has 1 aliphatic heterocycles. The van der Waals surface area contributed by atoms with Gasteiger partial charge in [0, 0.05) is 26.2 Å². The van der Waals surface area contributed by atoms with Crippen LogP contribution in [0.25, 0.3) is 0 Å². The number of piperazine rings is 1. The normalized spacial score (nSPS) is 18.2. The second-order valence-electron chi connectivity index (χ2n) is 3.96. The molecule has 0 saturated carbocycles. The van der Waals surface area contributed by atoms with Crippen molar-refractivity contribution in [1.29, 1.82) is 0 Å². The maximum atomic E-state index is 12.1. The van der Waals surface area contributed by atoms with Gasteiger partial charge >= 0.3 is 0 Å². The molecule has 0 spiro atoms. The standard InChI is InChI=1S/C12H17N3O/c13-11(10-4-2-1-3-5-10)12(16)15-8-6-14-7-9-15/h1-5,11,14H,6-9,13H2/t11-/m1/s1. The maximum absolute atomic E-state index is 12.1. The fraction of sp³-hybridized carbons (Fsp3) is 0.417. The Labute approximate surface area is 95.4 Å². The Balaban J connectivity index is 2.04. The van der Waals surface area contributed by atoms with E-state index in [-0.39, 0.29) is 5.91 Å². The van der Waals surface area contributed by atoms with Gasteiger partial charge in [0.1, 0.15) is 6.04 Å². The maximum Gasteiger partial charge on any atom is 0.244 e. The van der Waals surface area contributed by atoms with E-state index in [2.05, 4.69) is 5.32 Å². The van der Waals surface area contributed by atoms with Gasteiger partial charge in [-0.3, -0.25) is 4.79 Å². The van der Waals surface area contributed by atoms with Crippen molar-refractivity contribution < 1.29 is 4.79 Å². The summed E-state index contributed by atoms with van der Waals surface area (Å²) in [5, 5.41) is 3.21. The van der Waals surface area contributed by atoms with Crippen LogP contribution < -0.4 is 11.1 Å². The fourth-order valence-electron chi connectivity index (χ4n) is 1.88. The molecular formula is C12H17N3O. The molecule has 1 aromatic carbocycles. The molecule has 1 aliphatic rings. The zero-order valence-corrected chi connectivity index (χ0v) is 9.23. The Hall–Kier alpha value is -1.39. The highest BCUT2D eigenvalue weighted by Gasteiger charge is 2.23. The Kier molecular flexibility index (Phi) is 3.54. The molecule has 1 saturated heterocycles. The van der Waals surface area contributed by atoms with Crippen molar-refractivity contribution in [3.63, 3.8) is 0 Å². The molecule has 0 radical (unpaired) electrons. The van der Waals surface area contributed by atoms with Crippen LogP contribution in [0.5, 0.6) is 0 Å². The van der Waals surface area contributed by atoms with Gasteiger partial charge in [0.25, 0.3) is 0 Å². The van der Waals surface area contributed by atoms with Crippen LogP contribution in [0.15, 0.2) is 30.3 Å². The first kappa shape index (κ1) is 11.1. The van der Waals surface area contributed by atoms with E-state index in [0.29, 0.717) is 0 Å². The van der Waals surface area contributed by atoms with E-state index in [9.17, 15) is 4.79 Å². The highest BCUT2D eigenvalue weighted by Crippen LogP contribution is 2.12. The van der Waals surface area contributed by atoms with E-state index in [1.54, 1.807) is 0 Å². The lowest BCUT2D eigenvalue weighted by Crippen LogP contribution is -2.49. The van der Waals surface area contributed by atoms with Gasteiger partial charge in [-0.2, -0.15) is 0 Å². The number of rotatable bonds is 2. The summed E-state index contributed by atoms with van der Waals surface area (Å²) in [6.45, 7) is 3.21. The van der Waals surface area contributed by atoms with Crippen LogP contribution in [0.1, 0.15) is 11.6 Å². The molecule has 0 aromatic heterocycles. The van der Waals surface area contributed by atoms with Gasteiger partial charge in [0.2, 0.25) is 5.91 Å². The quantitative estimate of drug-likeness (QED) is 0.742. The second-order valence-corrected chi connectivity index (χ2v) is 3.96. The third kappa shape index (κ3) is 2.40. The highest BCUT2D eigenvalue weighted by molar-refractivity contribution is 5.83. The van der Waals surface area contributed by atoms with E-state index in [1.807, 2.05) is 35.2 Å². The van der Waals surface area contributed by atoms with Crippen molar-refractivity contribution in [3.05, 3.63) is 35.9 Å². The minimum absolute atomic E-state index is 0.0210. The van der Waals surface area contributed by atoms with E-state index in [1.165, 1.54) is 0 Å². The number of benzene rings is 1. The Bertz CT molecular complexity index is 347. The largest absolute Gasteiger partial charge is 0.339 e. The number of hydrogen-bond acceptors (Lipinski definition) is 3. The van der Waals surface area contributed by atoms with Crippen LogP contribution >= 0.6 is 0 Å². The number of hydrogen-bond donors (Lipinski definition) is 2. The van der Waals surface area contributed by atoms with Gasteiger partial charge in [0.05, 0.1) is 0 Å². The second kappa shape index (κ2) is 5.09. The zero-order chi connectivity index (χ0) is 11.4. The third-order valence-corrected chi connectivity index (χ3v) is 2.85. The molecule has 1 aromatic rings. The number of nitrogens with two attached hydrogens (primary N) is 1. The predicted molar refractivity (Wildman–Crippen MR) is 62.8 cm³/mol. The SMILES string of the molecule is N[C@@H](C(=O)N1CCNCC1)c1ccccc1. The van der Waals surface area contributed by atoms with Gasteiger partial charge in [0.15, 0.2) is 0 Å². The fourth-order valence-corrected chi connectivity index (χ4v) is 1.88. The van der Waals surface area contributed by atoms with E-state index >= 15 is 0 Å². The molecule has 1 amide bonds. The lowest BCUT2D eigenvalue weighted by atomic mass is 10.1. The molecule has 0 unspecified atom stereocenters. The number of amides is 1. The molecule has 1 atom stereocenters. The highest BCUT2D eigenvalue weighted by atomic mass is 16.2. The molecule has 4 heteroatoms. The van der Waals surface area contributed by atoms with Crippen molar-refractivity contribution >= 4 is 5.91 Å². The van der Waals surface area contributed by atoms with Crippen LogP contribution in [-0.4, -0.2) is 37.0 Å². The van der Waals surface area contributed by atoms with Gasteiger partial charge in [-0.1, -0.05) is 30.3 Å². The van der Waals surface area contributed by atoms with Crippen LogP contribution in [0, 0.1) is 0 Å². The summed E-state index contributed by atoms with van der Waals surface area (Å²) in [5.74, 6) is 0.0210. The van der Waals surface area contributed by atoms with Gasteiger partial charge in [-0.05, 0) is 5.56 Å². The molecule has 1 fully saturated rings. The topological polar surface area (TPSA) is 58.4 Å². The first-order chi connectivity index (χ1) is 7.79. The zero-order valence-electron chi connectivity index (χ0n) is 9.23. The molecule has 86 valence electrons. The van der Waals surface area contributed by atoms with Gasteiger partial charge in [-0.25, -0.2) is 0 Å². The van der Waals surface area contributed by atoms with Crippen molar-refractivity contribution in [2.45, 2.75) is 6.04 Å². The van der Waals surface area contributed by atoms with Crippen molar-refractivity contribution in [2.75, 3.05) is 26.2 Å². The summed E-state index contributed by atoms with van der Waals surface area (Å²) in [4.78, 5) is 13.9. The summed E-state index contributed by atoms with van der Waals surface area (Å²) >= 11 is 0. The number of carbonyl (C=O) groups excluding carboxylic acids is 1. The summed E-state index contributed by atoms with van der Waals surface area (Å²) in [5.41, 5.74) is 6.84. The monoisotopic (exact) mass is 219 g/mol. The van der Waals surface area contributed by atoms with Crippen molar-refractivity contribution in [2.24, 2.45) is 5.73 Å². The Morgan fingerprint density at radius 1 is 1.25 bits per heavy atom. The molecule has 4 nitrogen and oxygen atoms in total. The molecular weight excluding hydrogens is 202 g/mol. The number of nitrogens with zero attached hydrogens (tertiary/aromatic N) is 1. The Morgan fingerprint density at radius 2 is 1.88 bits per heavy atom. The van der Waals surface area contributed by atoms with Gasteiger partial charge < -0.3 is 16.0 Å². The summed E-state index contributed by atoms with van der Waals surface area (Å²) in [7, 11) is 0. The lowest BCUT2D eigenvalue weighted by molar-refractivity contribution is -0.133. The molecule has 16 heavy (non-hydrogen) atoms. The summed E-state index contributed by atoms with van der Waals surface area (Å²) in [6, 6.07) is 8.99. The average Bonchev–Trinajstić information content (AvgIpc) is 2.39. The molecule has 0 aliphatic carbocycles.